The van der Waals surface area contributed by atoms with Crippen LogP contribution in [-0.2, 0) is 4.74 Å². The van der Waals surface area contributed by atoms with E-state index >= 15 is 0 Å². The third kappa shape index (κ3) is 3.57. The number of ether oxygens (including phenoxy) is 1. The second-order valence-electron chi connectivity index (χ2n) is 6.89. The van der Waals surface area contributed by atoms with E-state index in [1.807, 2.05) is 26.0 Å². The highest BCUT2D eigenvalue weighted by molar-refractivity contribution is 7.15. The van der Waals surface area contributed by atoms with Crippen LogP contribution in [0.25, 0.3) is 21.7 Å². The molecule has 4 aromatic rings. The van der Waals surface area contributed by atoms with E-state index in [9.17, 15) is 9.59 Å². The topological polar surface area (TPSA) is 94.3 Å². The number of anilines is 1. The zero-order valence-electron chi connectivity index (χ0n) is 16.9. The van der Waals surface area contributed by atoms with Crippen molar-refractivity contribution in [2.45, 2.75) is 20.8 Å². The summed E-state index contributed by atoms with van der Waals surface area (Å²) in [7, 11) is 1.32. The first-order valence-corrected chi connectivity index (χ1v) is 10.0. The highest BCUT2D eigenvalue weighted by atomic mass is 32.1. The zero-order chi connectivity index (χ0) is 21.4. The standard InChI is InChI=1S/C22H19N3O4S/c1-11-5-7-14(22(27)28-4)9-16(11)23-20(26)15-10-17(18-8-6-12(2)30-18)24-21-19(15)13(3)25-29-21/h5-10H,1-4H3,(H,23,26). The van der Waals surface area contributed by atoms with E-state index in [0.717, 1.165) is 15.3 Å². The summed E-state index contributed by atoms with van der Waals surface area (Å²) in [4.78, 5) is 31.7. The number of carbonyl (C=O) groups excluding carboxylic acids is 2. The molecule has 7 nitrogen and oxygen atoms in total. The van der Waals surface area contributed by atoms with E-state index in [1.165, 1.54) is 7.11 Å². The lowest BCUT2D eigenvalue weighted by Gasteiger charge is -2.11. The first kappa shape index (κ1) is 19.8. The zero-order valence-corrected chi connectivity index (χ0v) is 17.7. The highest BCUT2D eigenvalue weighted by Crippen LogP contribution is 2.31. The number of fused-ring (bicyclic) bond motifs is 1. The molecule has 0 bridgehead atoms. The molecule has 1 aromatic carbocycles. The maximum absolute atomic E-state index is 13.2. The van der Waals surface area contributed by atoms with Gasteiger partial charge in [0.2, 0.25) is 0 Å². The Bertz CT molecular complexity index is 1290. The molecule has 0 saturated heterocycles. The molecule has 152 valence electrons. The number of hydrogen-bond acceptors (Lipinski definition) is 7. The Balaban J connectivity index is 1.78. The summed E-state index contributed by atoms with van der Waals surface area (Å²) in [6.45, 7) is 5.63. The van der Waals surface area contributed by atoms with Gasteiger partial charge in [-0.05, 0) is 56.7 Å². The number of methoxy groups -OCH3 is 1. The molecule has 30 heavy (non-hydrogen) atoms. The van der Waals surface area contributed by atoms with Crippen molar-refractivity contribution < 1.29 is 18.8 Å². The summed E-state index contributed by atoms with van der Waals surface area (Å²) in [5, 5.41) is 7.44. The molecule has 1 N–H and O–H groups in total. The largest absolute Gasteiger partial charge is 0.465 e. The van der Waals surface area contributed by atoms with Gasteiger partial charge in [-0.3, -0.25) is 4.79 Å². The van der Waals surface area contributed by atoms with E-state index in [2.05, 4.69) is 15.5 Å². The van der Waals surface area contributed by atoms with E-state index in [1.54, 1.807) is 42.5 Å². The second kappa shape index (κ2) is 7.72. The van der Waals surface area contributed by atoms with E-state index < -0.39 is 5.97 Å². The molecule has 0 atom stereocenters. The number of hydrogen-bond donors (Lipinski definition) is 1. The van der Waals surface area contributed by atoms with Gasteiger partial charge in [-0.2, -0.15) is 0 Å². The highest BCUT2D eigenvalue weighted by Gasteiger charge is 2.21. The van der Waals surface area contributed by atoms with Gasteiger partial charge in [-0.15, -0.1) is 11.3 Å². The Morgan fingerprint density at radius 3 is 2.60 bits per heavy atom. The Morgan fingerprint density at radius 2 is 1.90 bits per heavy atom. The fourth-order valence-corrected chi connectivity index (χ4v) is 3.99. The average Bonchev–Trinajstić information content (AvgIpc) is 3.34. The molecule has 1 amide bonds. The van der Waals surface area contributed by atoms with Crippen LogP contribution in [0, 0.1) is 20.8 Å². The number of amides is 1. The molecule has 0 unspecified atom stereocenters. The number of benzene rings is 1. The number of rotatable bonds is 4. The third-order valence-electron chi connectivity index (χ3n) is 4.76. The first-order valence-electron chi connectivity index (χ1n) is 9.21. The Morgan fingerprint density at radius 1 is 1.10 bits per heavy atom. The normalized spacial score (nSPS) is 10.9. The van der Waals surface area contributed by atoms with Crippen molar-refractivity contribution in [3.05, 3.63) is 63.7 Å². The smallest absolute Gasteiger partial charge is 0.337 e. The van der Waals surface area contributed by atoms with Crippen LogP contribution < -0.4 is 5.32 Å². The monoisotopic (exact) mass is 421 g/mol. The maximum Gasteiger partial charge on any atom is 0.337 e. The van der Waals surface area contributed by atoms with Crippen molar-refractivity contribution in [3.8, 4) is 10.6 Å². The van der Waals surface area contributed by atoms with Crippen LogP contribution in [0.1, 0.15) is 36.9 Å². The van der Waals surface area contributed by atoms with Crippen LogP contribution in [0.5, 0.6) is 0 Å². The van der Waals surface area contributed by atoms with Crippen LogP contribution in [0.15, 0.2) is 40.9 Å². The summed E-state index contributed by atoms with van der Waals surface area (Å²) >= 11 is 1.58. The van der Waals surface area contributed by atoms with E-state index in [-0.39, 0.29) is 5.91 Å². The van der Waals surface area contributed by atoms with Crippen LogP contribution in [0.4, 0.5) is 5.69 Å². The van der Waals surface area contributed by atoms with Crippen molar-refractivity contribution in [2.24, 2.45) is 0 Å². The Kier molecular flexibility index (Phi) is 5.09. The second-order valence-corrected chi connectivity index (χ2v) is 8.18. The summed E-state index contributed by atoms with van der Waals surface area (Å²) in [6, 6.07) is 10.7. The molecule has 0 aliphatic rings. The van der Waals surface area contributed by atoms with E-state index in [4.69, 9.17) is 9.26 Å². The van der Waals surface area contributed by atoms with E-state index in [0.29, 0.717) is 39.3 Å². The number of thiophene rings is 1. The number of aryl methyl sites for hydroxylation is 3. The van der Waals surface area contributed by atoms with Crippen molar-refractivity contribution in [2.75, 3.05) is 12.4 Å². The lowest BCUT2D eigenvalue weighted by molar-refractivity contribution is 0.0600. The number of pyridine rings is 1. The lowest BCUT2D eigenvalue weighted by atomic mass is 10.1. The van der Waals surface area contributed by atoms with Crippen molar-refractivity contribution >= 4 is 40.0 Å². The molecule has 0 radical (unpaired) electrons. The average molecular weight is 421 g/mol. The molecule has 0 aliphatic heterocycles. The first-order chi connectivity index (χ1) is 14.4. The Hall–Kier alpha value is -3.52. The van der Waals surface area contributed by atoms with Gasteiger partial charge in [0.05, 0.1) is 39.9 Å². The minimum atomic E-state index is -0.470. The van der Waals surface area contributed by atoms with Crippen LogP contribution in [0.3, 0.4) is 0 Å². The third-order valence-corrected chi connectivity index (χ3v) is 5.78. The van der Waals surface area contributed by atoms with Crippen molar-refractivity contribution in [1.82, 2.24) is 10.1 Å². The number of aromatic nitrogens is 2. The van der Waals surface area contributed by atoms with Crippen LogP contribution in [0.2, 0.25) is 0 Å². The molecule has 3 aromatic heterocycles. The molecule has 0 aliphatic carbocycles. The van der Waals surface area contributed by atoms with Gasteiger partial charge in [0.15, 0.2) is 0 Å². The summed E-state index contributed by atoms with van der Waals surface area (Å²) in [5.74, 6) is -0.810. The predicted molar refractivity (Wildman–Crippen MR) is 115 cm³/mol. The van der Waals surface area contributed by atoms with Gasteiger partial charge in [0.1, 0.15) is 0 Å². The fourth-order valence-electron chi connectivity index (χ4n) is 3.16. The number of esters is 1. The van der Waals surface area contributed by atoms with Crippen molar-refractivity contribution in [3.63, 3.8) is 0 Å². The van der Waals surface area contributed by atoms with Crippen LogP contribution >= 0.6 is 11.3 Å². The number of nitrogens with zero attached hydrogens (tertiary/aromatic N) is 2. The minimum absolute atomic E-state index is 0.307. The predicted octanol–water partition coefficient (Wildman–Crippen LogP) is 4.92. The molecule has 4 rings (SSSR count). The van der Waals surface area contributed by atoms with Gasteiger partial charge >= 0.3 is 5.97 Å². The molecular weight excluding hydrogens is 402 g/mol. The fraction of sp³-hybridized carbons (Fsp3) is 0.182. The lowest BCUT2D eigenvalue weighted by Crippen LogP contribution is -2.14. The minimum Gasteiger partial charge on any atom is -0.465 e. The van der Waals surface area contributed by atoms with Crippen LogP contribution in [-0.4, -0.2) is 29.1 Å². The summed E-state index contributed by atoms with van der Waals surface area (Å²) in [5.41, 5.74) is 3.63. The number of nitrogens with one attached hydrogen (secondary N) is 1. The Labute approximate surface area is 176 Å². The SMILES string of the molecule is COC(=O)c1ccc(C)c(NC(=O)c2cc(-c3ccc(C)s3)nc3onc(C)c23)c1. The van der Waals surface area contributed by atoms with Gasteiger partial charge < -0.3 is 14.6 Å². The molecule has 3 heterocycles. The van der Waals surface area contributed by atoms with Crippen molar-refractivity contribution in [1.29, 1.82) is 0 Å². The summed E-state index contributed by atoms with van der Waals surface area (Å²) in [6.07, 6.45) is 0. The molecule has 8 heteroatoms. The van der Waals surface area contributed by atoms with Gasteiger partial charge in [-0.25, -0.2) is 9.78 Å². The number of carbonyl (C=O) groups is 2. The molecule has 0 saturated carbocycles. The van der Waals surface area contributed by atoms with Gasteiger partial charge in [-0.1, -0.05) is 11.2 Å². The maximum atomic E-state index is 13.2. The molecule has 0 spiro atoms. The summed E-state index contributed by atoms with van der Waals surface area (Å²) < 4.78 is 10.1. The van der Waals surface area contributed by atoms with Gasteiger partial charge in [0.25, 0.3) is 11.6 Å². The molecule has 0 fully saturated rings. The molecular formula is C22H19N3O4S. The quantitative estimate of drug-likeness (QED) is 0.470. The van der Waals surface area contributed by atoms with Gasteiger partial charge in [0, 0.05) is 10.6 Å².